The summed E-state index contributed by atoms with van der Waals surface area (Å²) in [4.78, 5) is 14.2. The fourth-order valence-corrected chi connectivity index (χ4v) is 3.10. The molecular weight excluding hydrogens is 266 g/mol. The molecule has 1 saturated carbocycles. The minimum absolute atomic E-state index is 0.216. The highest BCUT2D eigenvalue weighted by Crippen LogP contribution is 2.25. The average Bonchev–Trinajstić information content (AvgIpc) is 3.27. The molecule has 1 amide bonds. The summed E-state index contributed by atoms with van der Waals surface area (Å²) in [7, 11) is 0. The Morgan fingerprint density at radius 2 is 2.19 bits per heavy atom. The standard InChI is InChI=1S/C16H31N3O2/c1-3-14-12-21-11-10-19(14)9-5-4-8-16(2,15(17)20)18-13-6-7-13/h13-14,18H,3-12H2,1-2H3,(H2,17,20). The van der Waals surface area contributed by atoms with E-state index in [4.69, 9.17) is 10.5 Å². The molecular formula is C16H31N3O2. The van der Waals surface area contributed by atoms with Crippen LogP contribution in [0.4, 0.5) is 0 Å². The summed E-state index contributed by atoms with van der Waals surface area (Å²) in [5, 5.41) is 3.42. The normalized spacial score (nSPS) is 26.5. The van der Waals surface area contributed by atoms with Gasteiger partial charge in [0.2, 0.25) is 5.91 Å². The number of unbranched alkanes of at least 4 members (excludes halogenated alkanes) is 1. The van der Waals surface area contributed by atoms with E-state index in [0.29, 0.717) is 12.1 Å². The maximum absolute atomic E-state index is 11.7. The molecule has 1 aliphatic carbocycles. The number of rotatable bonds is 9. The number of carbonyl (C=O) groups excluding carboxylic acids is 1. The lowest BCUT2D eigenvalue weighted by molar-refractivity contribution is -0.124. The van der Waals surface area contributed by atoms with Crippen molar-refractivity contribution in [3.8, 4) is 0 Å². The summed E-state index contributed by atoms with van der Waals surface area (Å²) < 4.78 is 5.53. The Labute approximate surface area is 128 Å². The number of nitrogens with one attached hydrogen (secondary N) is 1. The molecule has 1 saturated heterocycles. The van der Waals surface area contributed by atoms with Gasteiger partial charge in [0, 0.05) is 18.6 Å². The molecule has 2 rings (SSSR count). The van der Waals surface area contributed by atoms with E-state index in [1.807, 2.05) is 6.92 Å². The van der Waals surface area contributed by atoms with Crippen LogP contribution >= 0.6 is 0 Å². The van der Waals surface area contributed by atoms with Crippen LogP contribution in [0.1, 0.15) is 52.4 Å². The van der Waals surface area contributed by atoms with E-state index in [2.05, 4.69) is 17.1 Å². The maximum Gasteiger partial charge on any atom is 0.237 e. The lowest BCUT2D eigenvalue weighted by Gasteiger charge is -2.35. The van der Waals surface area contributed by atoms with Crippen LogP contribution in [0.25, 0.3) is 0 Å². The largest absolute Gasteiger partial charge is 0.378 e. The predicted octanol–water partition coefficient (Wildman–Crippen LogP) is 1.26. The zero-order chi connectivity index (χ0) is 15.3. The second-order valence-electron chi connectivity index (χ2n) is 6.75. The number of hydrogen-bond donors (Lipinski definition) is 2. The number of nitrogens with two attached hydrogens (primary N) is 1. The van der Waals surface area contributed by atoms with Gasteiger partial charge in [-0.05, 0) is 52.0 Å². The summed E-state index contributed by atoms with van der Waals surface area (Å²) >= 11 is 0. The number of ether oxygens (including phenoxy) is 1. The van der Waals surface area contributed by atoms with E-state index in [1.165, 1.54) is 12.8 Å². The van der Waals surface area contributed by atoms with Crippen molar-refractivity contribution in [3.63, 3.8) is 0 Å². The first kappa shape index (κ1) is 16.7. The van der Waals surface area contributed by atoms with Gasteiger partial charge in [0.15, 0.2) is 0 Å². The Kier molecular flexibility index (Phi) is 6.02. The topological polar surface area (TPSA) is 67.6 Å². The second kappa shape index (κ2) is 7.56. The van der Waals surface area contributed by atoms with Gasteiger partial charge in [0.1, 0.15) is 0 Å². The van der Waals surface area contributed by atoms with Gasteiger partial charge in [-0.15, -0.1) is 0 Å². The Hall–Kier alpha value is -0.650. The Morgan fingerprint density at radius 3 is 2.81 bits per heavy atom. The van der Waals surface area contributed by atoms with Gasteiger partial charge >= 0.3 is 0 Å². The quantitative estimate of drug-likeness (QED) is 0.629. The van der Waals surface area contributed by atoms with E-state index >= 15 is 0 Å². The minimum atomic E-state index is -0.531. The molecule has 1 heterocycles. The molecule has 0 radical (unpaired) electrons. The number of nitrogens with zero attached hydrogens (tertiary/aromatic N) is 1. The summed E-state index contributed by atoms with van der Waals surface area (Å²) in [5.74, 6) is -0.216. The Bertz CT molecular complexity index is 346. The van der Waals surface area contributed by atoms with Gasteiger partial charge in [-0.2, -0.15) is 0 Å². The molecule has 0 bridgehead atoms. The molecule has 0 aromatic rings. The number of carbonyl (C=O) groups is 1. The Balaban J connectivity index is 1.70. The van der Waals surface area contributed by atoms with E-state index < -0.39 is 5.54 Å². The van der Waals surface area contributed by atoms with Gasteiger partial charge < -0.3 is 15.8 Å². The van der Waals surface area contributed by atoms with Crippen molar-refractivity contribution in [1.82, 2.24) is 10.2 Å². The fraction of sp³-hybridized carbons (Fsp3) is 0.938. The highest BCUT2D eigenvalue weighted by atomic mass is 16.5. The molecule has 21 heavy (non-hydrogen) atoms. The van der Waals surface area contributed by atoms with E-state index in [1.54, 1.807) is 0 Å². The first-order valence-electron chi connectivity index (χ1n) is 8.44. The van der Waals surface area contributed by atoms with Crippen molar-refractivity contribution in [3.05, 3.63) is 0 Å². The first-order chi connectivity index (χ1) is 10.0. The second-order valence-corrected chi connectivity index (χ2v) is 6.75. The zero-order valence-corrected chi connectivity index (χ0v) is 13.6. The highest BCUT2D eigenvalue weighted by Gasteiger charge is 2.36. The molecule has 2 unspecified atom stereocenters. The van der Waals surface area contributed by atoms with Crippen LogP contribution in [0.2, 0.25) is 0 Å². The van der Waals surface area contributed by atoms with Crippen LogP contribution in [0, 0.1) is 0 Å². The van der Waals surface area contributed by atoms with Crippen LogP contribution in [-0.2, 0) is 9.53 Å². The smallest absolute Gasteiger partial charge is 0.237 e. The molecule has 1 aliphatic heterocycles. The molecule has 3 N–H and O–H groups in total. The van der Waals surface area contributed by atoms with Crippen molar-refractivity contribution in [2.75, 3.05) is 26.3 Å². The van der Waals surface area contributed by atoms with Gasteiger partial charge in [0.25, 0.3) is 0 Å². The van der Waals surface area contributed by atoms with E-state index in [-0.39, 0.29) is 5.91 Å². The maximum atomic E-state index is 11.7. The lowest BCUT2D eigenvalue weighted by atomic mass is 9.93. The molecule has 2 fully saturated rings. The van der Waals surface area contributed by atoms with Gasteiger partial charge in [0.05, 0.1) is 18.8 Å². The molecule has 5 heteroatoms. The van der Waals surface area contributed by atoms with E-state index in [0.717, 1.165) is 52.0 Å². The predicted molar refractivity (Wildman–Crippen MR) is 84.1 cm³/mol. The summed E-state index contributed by atoms with van der Waals surface area (Å²) in [6, 6.07) is 1.07. The van der Waals surface area contributed by atoms with Crippen molar-refractivity contribution in [1.29, 1.82) is 0 Å². The highest BCUT2D eigenvalue weighted by molar-refractivity contribution is 5.84. The molecule has 2 atom stereocenters. The first-order valence-corrected chi connectivity index (χ1v) is 8.44. The van der Waals surface area contributed by atoms with Gasteiger partial charge in [-0.25, -0.2) is 0 Å². The third-order valence-electron chi connectivity index (χ3n) is 4.84. The summed E-state index contributed by atoms with van der Waals surface area (Å²) in [6.07, 6.45) is 6.48. The van der Waals surface area contributed by atoms with Crippen LogP contribution < -0.4 is 11.1 Å². The molecule has 5 nitrogen and oxygen atoms in total. The van der Waals surface area contributed by atoms with Crippen molar-refractivity contribution < 1.29 is 9.53 Å². The molecule has 0 aromatic heterocycles. The molecule has 122 valence electrons. The molecule has 2 aliphatic rings. The summed E-state index contributed by atoms with van der Waals surface area (Å²) in [6.45, 7) is 8.01. The minimum Gasteiger partial charge on any atom is -0.378 e. The third-order valence-corrected chi connectivity index (χ3v) is 4.84. The van der Waals surface area contributed by atoms with Crippen molar-refractivity contribution >= 4 is 5.91 Å². The SMILES string of the molecule is CCC1COCCN1CCCCC(C)(NC1CC1)C(N)=O. The summed E-state index contributed by atoms with van der Waals surface area (Å²) in [5.41, 5.74) is 5.06. The molecule has 0 aromatic carbocycles. The van der Waals surface area contributed by atoms with E-state index in [9.17, 15) is 4.79 Å². The van der Waals surface area contributed by atoms with Crippen molar-refractivity contribution in [2.24, 2.45) is 5.73 Å². The average molecular weight is 297 g/mol. The van der Waals surface area contributed by atoms with Crippen molar-refractivity contribution in [2.45, 2.75) is 70.0 Å². The number of primary amides is 1. The zero-order valence-electron chi connectivity index (χ0n) is 13.6. The van der Waals surface area contributed by atoms with Gasteiger partial charge in [-0.3, -0.25) is 9.69 Å². The number of hydrogen-bond acceptors (Lipinski definition) is 4. The fourth-order valence-electron chi connectivity index (χ4n) is 3.10. The number of morpholine rings is 1. The lowest BCUT2D eigenvalue weighted by Crippen LogP contribution is -2.54. The van der Waals surface area contributed by atoms with Gasteiger partial charge in [-0.1, -0.05) is 6.92 Å². The van der Waals surface area contributed by atoms with Crippen LogP contribution in [-0.4, -0.2) is 54.7 Å². The van der Waals surface area contributed by atoms with Crippen LogP contribution in [0.15, 0.2) is 0 Å². The molecule has 0 spiro atoms. The third kappa shape index (κ3) is 4.94. The monoisotopic (exact) mass is 297 g/mol. The number of amides is 1. The Morgan fingerprint density at radius 1 is 1.43 bits per heavy atom. The van der Waals surface area contributed by atoms with Crippen LogP contribution in [0.5, 0.6) is 0 Å². The van der Waals surface area contributed by atoms with Crippen LogP contribution in [0.3, 0.4) is 0 Å².